The summed E-state index contributed by atoms with van der Waals surface area (Å²) in [5, 5.41) is 0. The summed E-state index contributed by atoms with van der Waals surface area (Å²) < 4.78 is 0. The van der Waals surface area contributed by atoms with Gasteiger partial charge in [-0.15, -0.1) is 0 Å². The molecule has 1 spiro atoms. The van der Waals surface area contributed by atoms with Gasteiger partial charge in [-0.25, -0.2) is 0 Å². The minimum atomic E-state index is -0.505. The normalized spacial score (nSPS) is 14.2. The molecule has 2 aliphatic carbocycles. The number of fused-ring (bicyclic) bond motifs is 9. The zero-order chi connectivity index (χ0) is 33.8. The molecule has 0 N–H and O–H groups in total. The van der Waals surface area contributed by atoms with E-state index in [9.17, 15) is 0 Å². The van der Waals surface area contributed by atoms with E-state index in [1.165, 1.54) is 55.6 Å². The van der Waals surface area contributed by atoms with Crippen molar-refractivity contribution in [2.75, 3.05) is 4.90 Å². The number of rotatable bonds is 5. The molecule has 0 bridgehead atoms. The molecule has 0 radical (unpaired) electrons. The zero-order valence-electron chi connectivity index (χ0n) is 28.2. The van der Waals surface area contributed by atoms with E-state index in [-0.39, 0.29) is 0 Å². The first kappa shape index (κ1) is 29.5. The van der Waals surface area contributed by atoms with Crippen LogP contribution in [-0.4, -0.2) is 0 Å². The topological polar surface area (TPSA) is 3.24 Å². The van der Waals surface area contributed by atoms with E-state index in [1.54, 1.807) is 0 Å². The van der Waals surface area contributed by atoms with E-state index >= 15 is 0 Å². The number of nitrogens with zero attached hydrogens (tertiary/aromatic N) is 1. The number of para-hydroxylation sites is 2. The van der Waals surface area contributed by atoms with Gasteiger partial charge in [0.1, 0.15) is 0 Å². The van der Waals surface area contributed by atoms with Crippen molar-refractivity contribution in [2.45, 2.75) is 10.8 Å². The Hall–Kier alpha value is -6.44. The van der Waals surface area contributed by atoms with Gasteiger partial charge in [0.25, 0.3) is 0 Å². The third-order valence-electron chi connectivity index (χ3n) is 11.2. The fourth-order valence-corrected chi connectivity index (χ4v) is 9.32. The molecule has 0 heterocycles. The number of hydrogen-bond donors (Lipinski definition) is 0. The van der Waals surface area contributed by atoms with E-state index in [0.29, 0.717) is 0 Å². The van der Waals surface area contributed by atoms with Gasteiger partial charge >= 0.3 is 0 Å². The average molecular weight is 650 g/mol. The molecule has 10 rings (SSSR count). The lowest BCUT2D eigenvalue weighted by Crippen LogP contribution is -2.44. The molecule has 0 aliphatic heterocycles. The smallest absolute Gasteiger partial charge is 0.0720 e. The summed E-state index contributed by atoms with van der Waals surface area (Å²) in [4.78, 5) is 2.37. The molecule has 2 aliphatic rings. The van der Waals surface area contributed by atoms with E-state index in [2.05, 4.69) is 217 Å². The number of benzene rings is 8. The van der Waals surface area contributed by atoms with Gasteiger partial charge in [-0.2, -0.15) is 0 Å². The highest BCUT2D eigenvalue weighted by Crippen LogP contribution is 2.64. The van der Waals surface area contributed by atoms with Crippen molar-refractivity contribution in [3.63, 3.8) is 0 Å². The minimum Gasteiger partial charge on any atom is -0.310 e. The summed E-state index contributed by atoms with van der Waals surface area (Å²) in [5.74, 6) is 0. The molecule has 0 atom stereocenters. The van der Waals surface area contributed by atoms with E-state index in [1.807, 2.05) is 0 Å². The van der Waals surface area contributed by atoms with Crippen LogP contribution in [0.25, 0.3) is 11.1 Å². The standard InChI is InChI=1S/C50H35N/c1-5-19-36(20-6-1)49(37-21-7-2-8-22-37)45-29-15-17-31-47(45)50(48-32-18-16-30-46(48)49)43-28-14-13-27-41(43)42-35-40(33-34-44(42)50)51(38-23-9-3-10-24-38)39-25-11-4-12-26-39/h1-35H. The zero-order valence-corrected chi connectivity index (χ0v) is 28.2. The van der Waals surface area contributed by atoms with Crippen molar-refractivity contribution in [1.29, 1.82) is 0 Å². The SMILES string of the molecule is c1ccc(N(c2ccccc2)c2ccc3c(c2)-c2ccccc2C32c3ccccc3C(c3ccccc3)(c3ccccc3)c3ccccc32)cc1. The van der Waals surface area contributed by atoms with Gasteiger partial charge < -0.3 is 4.90 Å². The Morgan fingerprint density at radius 3 is 1.12 bits per heavy atom. The second-order valence-electron chi connectivity index (χ2n) is 13.6. The lowest BCUT2D eigenvalue weighted by atomic mass is 9.51. The molecule has 0 saturated carbocycles. The molecule has 1 heteroatoms. The first-order chi connectivity index (χ1) is 25.3. The second kappa shape index (κ2) is 11.6. The summed E-state index contributed by atoms with van der Waals surface area (Å²) in [6.45, 7) is 0. The van der Waals surface area contributed by atoms with Gasteiger partial charge in [0, 0.05) is 17.1 Å². The van der Waals surface area contributed by atoms with Crippen molar-refractivity contribution >= 4 is 17.1 Å². The summed E-state index contributed by atoms with van der Waals surface area (Å²) >= 11 is 0. The first-order valence-corrected chi connectivity index (χ1v) is 17.8. The van der Waals surface area contributed by atoms with Gasteiger partial charge in [0.2, 0.25) is 0 Å². The Bertz CT molecular complexity index is 2390. The highest BCUT2D eigenvalue weighted by molar-refractivity contribution is 5.92. The molecule has 1 nitrogen and oxygen atoms in total. The Morgan fingerprint density at radius 2 is 0.627 bits per heavy atom. The Morgan fingerprint density at radius 1 is 0.255 bits per heavy atom. The Kier molecular flexibility index (Phi) is 6.69. The second-order valence-corrected chi connectivity index (χ2v) is 13.6. The third kappa shape index (κ3) is 4.09. The Labute approximate surface area is 299 Å². The highest BCUT2D eigenvalue weighted by Gasteiger charge is 2.56. The van der Waals surface area contributed by atoms with Gasteiger partial charge in [-0.3, -0.25) is 0 Å². The van der Waals surface area contributed by atoms with Crippen LogP contribution in [-0.2, 0) is 10.8 Å². The van der Waals surface area contributed by atoms with Gasteiger partial charge in [-0.05, 0) is 92.0 Å². The van der Waals surface area contributed by atoms with Crippen LogP contribution in [0.5, 0.6) is 0 Å². The fourth-order valence-electron chi connectivity index (χ4n) is 9.32. The number of anilines is 3. The number of hydrogen-bond acceptors (Lipinski definition) is 1. The lowest BCUT2D eigenvalue weighted by molar-refractivity contribution is 0.623. The van der Waals surface area contributed by atoms with Crippen LogP contribution in [0.2, 0.25) is 0 Å². The molecule has 0 aromatic heterocycles. The summed E-state index contributed by atoms with van der Waals surface area (Å²) in [6.07, 6.45) is 0. The van der Waals surface area contributed by atoms with Crippen molar-refractivity contribution in [3.05, 3.63) is 257 Å². The third-order valence-corrected chi connectivity index (χ3v) is 11.2. The molecule has 8 aromatic carbocycles. The van der Waals surface area contributed by atoms with Crippen LogP contribution in [0.15, 0.2) is 212 Å². The summed E-state index contributed by atoms with van der Waals surface area (Å²) in [6, 6.07) is 78.3. The average Bonchev–Trinajstić information content (AvgIpc) is 3.50. The van der Waals surface area contributed by atoms with E-state index in [0.717, 1.165) is 17.1 Å². The van der Waals surface area contributed by atoms with Crippen LogP contribution in [0, 0.1) is 0 Å². The fraction of sp³-hybridized carbons (Fsp3) is 0.0400. The quantitative estimate of drug-likeness (QED) is 0.179. The molecule has 8 aromatic rings. The van der Waals surface area contributed by atoms with Crippen molar-refractivity contribution < 1.29 is 0 Å². The summed E-state index contributed by atoms with van der Waals surface area (Å²) in [7, 11) is 0. The van der Waals surface area contributed by atoms with Crippen LogP contribution in [0.3, 0.4) is 0 Å². The van der Waals surface area contributed by atoms with Crippen LogP contribution in [0.1, 0.15) is 44.5 Å². The van der Waals surface area contributed by atoms with E-state index in [4.69, 9.17) is 0 Å². The molecule has 0 unspecified atom stereocenters. The maximum atomic E-state index is 2.42. The molecular weight excluding hydrogens is 615 g/mol. The molecule has 0 fully saturated rings. The molecule has 51 heavy (non-hydrogen) atoms. The maximum absolute atomic E-state index is 2.42. The molecule has 0 amide bonds. The largest absolute Gasteiger partial charge is 0.310 e. The minimum absolute atomic E-state index is 0.504. The predicted molar refractivity (Wildman–Crippen MR) is 210 cm³/mol. The predicted octanol–water partition coefficient (Wildman–Crippen LogP) is 12.2. The Balaban J connectivity index is 1.30. The molecule has 240 valence electrons. The van der Waals surface area contributed by atoms with Gasteiger partial charge in [0.05, 0.1) is 10.8 Å². The highest BCUT2D eigenvalue weighted by atomic mass is 15.1. The van der Waals surface area contributed by atoms with Crippen molar-refractivity contribution in [2.24, 2.45) is 0 Å². The molecular formula is C50H35N. The summed E-state index contributed by atoms with van der Waals surface area (Å²) in [5.41, 5.74) is 15.5. The molecule has 0 saturated heterocycles. The van der Waals surface area contributed by atoms with Crippen molar-refractivity contribution in [3.8, 4) is 11.1 Å². The first-order valence-electron chi connectivity index (χ1n) is 17.8. The van der Waals surface area contributed by atoms with Gasteiger partial charge in [0.15, 0.2) is 0 Å². The lowest BCUT2D eigenvalue weighted by Gasteiger charge is -2.50. The van der Waals surface area contributed by atoms with Crippen LogP contribution in [0.4, 0.5) is 17.1 Å². The van der Waals surface area contributed by atoms with Gasteiger partial charge in [-0.1, -0.05) is 176 Å². The van der Waals surface area contributed by atoms with E-state index < -0.39 is 10.8 Å². The van der Waals surface area contributed by atoms with Crippen LogP contribution >= 0.6 is 0 Å². The monoisotopic (exact) mass is 649 g/mol. The van der Waals surface area contributed by atoms with Crippen molar-refractivity contribution in [1.82, 2.24) is 0 Å². The van der Waals surface area contributed by atoms with Crippen LogP contribution < -0.4 is 4.90 Å². The maximum Gasteiger partial charge on any atom is 0.0720 e.